The van der Waals surface area contributed by atoms with Crippen LogP contribution in [0.3, 0.4) is 0 Å². The van der Waals surface area contributed by atoms with Crippen LogP contribution < -0.4 is 9.21 Å². The van der Waals surface area contributed by atoms with Crippen molar-refractivity contribution in [2.24, 2.45) is 0 Å². The van der Waals surface area contributed by atoms with E-state index in [-0.39, 0.29) is 10.8 Å². The molecule has 0 saturated carbocycles. The van der Waals surface area contributed by atoms with Crippen LogP contribution in [0.1, 0.15) is 27.2 Å². The molecule has 33 heavy (non-hydrogen) atoms. The van der Waals surface area contributed by atoms with E-state index in [2.05, 4.69) is 14.8 Å². The van der Waals surface area contributed by atoms with Crippen molar-refractivity contribution >= 4 is 27.4 Å². The molecule has 1 amide bonds. The summed E-state index contributed by atoms with van der Waals surface area (Å²) in [4.78, 5) is 23.3. The molecule has 0 radical (unpaired) electrons. The molecule has 1 aromatic carbocycles. The highest BCUT2D eigenvalue weighted by molar-refractivity contribution is 7.92. The molecule has 0 atom stereocenters. The van der Waals surface area contributed by atoms with Gasteiger partial charge in [0.15, 0.2) is 0 Å². The van der Waals surface area contributed by atoms with E-state index in [1.165, 1.54) is 10.5 Å². The molecule has 1 aromatic heterocycles. The quantitative estimate of drug-likeness (QED) is 0.557. The fourth-order valence-electron chi connectivity index (χ4n) is 4.15. The van der Waals surface area contributed by atoms with Crippen LogP contribution in [-0.4, -0.2) is 81.5 Å². The fourth-order valence-corrected chi connectivity index (χ4v) is 5.57. The van der Waals surface area contributed by atoms with Gasteiger partial charge >= 0.3 is 0 Å². The van der Waals surface area contributed by atoms with Crippen molar-refractivity contribution in [2.45, 2.75) is 32.1 Å². The number of anilines is 2. The fraction of sp³-hybridized carbons (Fsp3) is 0.500. The molecule has 3 rings (SSSR count). The number of carbonyl (C=O) groups excluding carboxylic acids is 1. The highest BCUT2D eigenvalue weighted by Crippen LogP contribution is 2.24. The molecule has 8 nitrogen and oxygen atoms in total. The summed E-state index contributed by atoms with van der Waals surface area (Å²) in [5.41, 5.74) is 0.635. The highest BCUT2D eigenvalue weighted by atomic mass is 32.2. The number of rotatable bonds is 9. The Bertz CT molecular complexity index is 995. The largest absolute Gasteiger partial charge is 0.355 e. The molecule has 0 spiro atoms. The lowest BCUT2D eigenvalue weighted by molar-refractivity contribution is -0.132. The first-order valence-corrected chi connectivity index (χ1v) is 13.1. The number of carbonyl (C=O) groups is 1. The van der Waals surface area contributed by atoms with Crippen LogP contribution >= 0.6 is 0 Å². The van der Waals surface area contributed by atoms with Crippen LogP contribution in [0.25, 0.3) is 0 Å². The summed E-state index contributed by atoms with van der Waals surface area (Å²) >= 11 is 0. The van der Waals surface area contributed by atoms with Crippen LogP contribution in [0, 0.1) is 0 Å². The molecule has 1 aliphatic heterocycles. The van der Waals surface area contributed by atoms with Gasteiger partial charge in [-0.05, 0) is 51.5 Å². The topological polar surface area (TPSA) is 77.1 Å². The molecule has 1 aliphatic rings. The smallest absolute Gasteiger partial charge is 0.265 e. The maximum absolute atomic E-state index is 13.2. The van der Waals surface area contributed by atoms with Gasteiger partial charge in [0.1, 0.15) is 10.7 Å². The number of pyridine rings is 1. The second kappa shape index (κ2) is 11.5. The molecule has 180 valence electrons. The first-order valence-electron chi connectivity index (χ1n) is 11.7. The van der Waals surface area contributed by atoms with Crippen molar-refractivity contribution in [1.82, 2.24) is 14.8 Å². The minimum absolute atomic E-state index is 0.167. The molecule has 0 unspecified atom stereocenters. The van der Waals surface area contributed by atoms with Crippen molar-refractivity contribution in [1.29, 1.82) is 0 Å². The number of likely N-dealkylation sites (N-methyl/N-ethyl adjacent to an activating group) is 1. The zero-order valence-electron chi connectivity index (χ0n) is 19.9. The van der Waals surface area contributed by atoms with Crippen molar-refractivity contribution in [3.63, 3.8) is 0 Å². The maximum Gasteiger partial charge on any atom is 0.265 e. The Labute approximate surface area is 197 Å². The number of hydrogen-bond donors (Lipinski definition) is 0. The SMILES string of the molecule is CCN(CC)C(=O)CN1CCCN(c2ccc(S(=O)(=O)N(CC)c3ccccc3)cn2)CC1. The van der Waals surface area contributed by atoms with E-state index >= 15 is 0 Å². The number of hydrogen-bond acceptors (Lipinski definition) is 6. The predicted molar refractivity (Wildman–Crippen MR) is 132 cm³/mol. The molecular weight excluding hydrogens is 438 g/mol. The van der Waals surface area contributed by atoms with Crippen molar-refractivity contribution in [3.8, 4) is 0 Å². The van der Waals surface area contributed by atoms with E-state index in [0.717, 1.165) is 51.5 Å². The Kier molecular flexibility index (Phi) is 8.68. The number of nitrogens with zero attached hydrogens (tertiary/aromatic N) is 5. The lowest BCUT2D eigenvalue weighted by Gasteiger charge is -2.25. The number of aromatic nitrogens is 1. The molecule has 1 fully saturated rings. The molecule has 0 N–H and O–H groups in total. The lowest BCUT2D eigenvalue weighted by atomic mass is 10.3. The minimum atomic E-state index is -3.69. The van der Waals surface area contributed by atoms with Gasteiger partial charge in [0, 0.05) is 52.0 Å². The summed E-state index contributed by atoms with van der Waals surface area (Å²) < 4.78 is 27.8. The second-order valence-electron chi connectivity index (χ2n) is 8.04. The highest BCUT2D eigenvalue weighted by Gasteiger charge is 2.25. The van der Waals surface area contributed by atoms with Crippen LogP contribution in [0.4, 0.5) is 11.5 Å². The van der Waals surface area contributed by atoms with Crippen LogP contribution in [0.15, 0.2) is 53.6 Å². The minimum Gasteiger partial charge on any atom is -0.355 e. The van der Waals surface area contributed by atoms with Crippen LogP contribution in [0.2, 0.25) is 0 Å². The van der Waals surface area contributed by atoms with Gasteiger partial charge in [0.2, 0.25) is 5.91 Å². The average molecular weight is 474 g/mol. The molecule has 2 aromatic rings. The van der Waals surface area contributed by atoms with E-state index in [1.807, 2.05) is 43.9 Å². The van der Waals surface area contributed by atoms with Gasteiger partial charge < -0.3 is 9.80 Å². The zero-order chi connectivity index (χ0) is 23.8. The van der Waals surface area contributed by atoms with E-state index in [4.69, 9.17) is 0 Å². The third-order valence-corrected chi connectivity index (χ3v) is 7.91. The molecule has 0 bridgehead atoms. The number of para-hydroxylation sites is 1. The lowest BCUT2D eigenvalue weighted by Crippen LogP contribution is -2.41. The van der Waals surface area contributed by atoms with Crippen molar-refractivity contribution < 1.29 is 13.2 Å². The summed E-state index contributed by atoms with van der Waals surface area (Å²) in [6, 6.07) is 12.5. The first kappa shape index (κ1) is 25.0. The average Bonchev–Trinajstić information content (AvgIpc) is 3.06. The normalized spacial score (nSPS) is 15.2. The van der Waals surface area contributed by atoms with Gasteiger partial charge in [-0.3, -0.25) is 14.0 Å². The molecule has 1 saturated heterocycles. The Balaban J connectivity index is 1.67. The maximum atomic E-state index is 13.2. The standard InChI is InChI=1S/C24H35N5O3S/c1-4-27(5-2)24(30)20-26-15-10-16-28(18-17-26)23-14-13-22(19-25-23)33(31,32)29(6-3)21-11-8-7-9-12-21/h7-9,11-14,19H,4-6,10,15-18,20H2,1-3H3. The Morgan fingerprint density at radius 1 is 0.939 bits per heavy atom. The van der Waals surface area contributed by atoms with Crippen molar-refractivity contribution in [2.75, 3.05) is 61.6 Å². The van der Waals surface area contributed by atoms with E-state index in [9.17, 15) is 13.2 Å². The number of sulfonamides is 1. The zero-order valence-corrected chi connectivity index (χ0v) is 20.7. The number of benzene rings is 1. The Hall–Kier alpha value is -2.65. The predicted octanol–water partition coefficient (Wildman–Crippen LogP) is 2.68. The summed E-state index contributed by atoms with van der Waals surface area (Å²) in [6.07, 6.45) is 2.37. The summed E-state index contributed by atoms with van der Waals surface area (Å²) in [6.45, 7) is 11.2. The summed E-state index contributed by atoms with van der Waals surface area (Å²) in [5.74, 6) is 0.925. The van der Waals surface area contributed by atoms with Gasteiger partial charge in [-0.1, -0.05) is 18.2 Å². The second-order valence-corrected chi connectivity index (χ2v) is 9.90. The Morgan fingerprint density at radius 3 is 2.27 bits per heavy atom. The number of amides is 1. The molecular formula is C24H35N5O3S. The van der Waals surface area contributed by atoms with Gasteiger partial charge in [0.05, 0.1) is 12.2 Å². The van der Waals surface area contributed by atoms with Gasteiger partial charge in [-0.25, -0.2) is 13.4 Å². The van der Waals surface area contributed by atoms with Gasteiger partial charge in [-0.2, -0.15) is 0 Å². The third-order valence-electron chi connectivity index (χ3n) is 6.03. The first-order chi connectivity index (χ1) is 15.9. The van der Waals surface area contributed by atoms with Crippen LogP contribution in [0.5, 0.6) is 0 Å². The summed E-state index contributed by atoms with van der Waals surface area (Å²) in [7, 11) is -3.69. The summed E-state index contributed by atoms with van der Waals surface area (Å²) in [5, 5.41) is 0. The van der Waals surface area contributed by atoms with E-state index in [0.29, 0.717) is 18.8 Å². The third kappa shape index (κ3) is 6.03. The molecule has 9 heteroatoms. The van der Waals surface area contributed by atoms with Gasteiger partial charge in [-0.15, -0.1) is 0 Å². The van der Waals surface area contributed by atoms with E-state index < -0.39 is 10.0 Å². The van der Waals surface area contributed by atoms with E-state index in [1.54, 1.807) is 24.3 Å². The van der Waals surface area contributed by atoms with Crippen LogP contribution in [-0.2, 0) is 14.8 Å². The monoisotopic (exact) mass is 473 g/mol. The van der Waals surface area contributed by atoms with Crippen molar-refractivity contribution in [3.05, 3.63) is 48.7 Å². The van der Waals surface area contributed by atoms with Gasteiger partial charge in [0.25, 0.3) is 10.0 Å². The Morgan fingerprint density at radius 2 is 1.67 bits per heavy atom. The molecule has 2 heterocycles. The molecule has 0 aliphatic carbocycles.